The van der Waals surface area contributed by atoms with Crippen molar-refractivity contribution in [2.45, 2.75) is 25.4 Å². The molecule has 6 heteroatoms. The molecule has 2 aromatic rings. The minimum atomic E-state index is -0.226. The third-order valence-electron chi connectivity index (χ3n) is 3.50. The first-order chi connectivity index (χ1) is 10.2. The Morgan fingerprint density at radius 2 is 2.00 bits per heavy atom. The van der Waals surface area contributed by atoms with E-state index in [1.165, 1.54) is 4.57 Å². The van der Waals surface area contributed by atoms with Gasteiger partial charge in [-0.2, -0.15) is 0 Å². The fraction of sp³-hybridized carbons (Fsp3) is 0.333. The number of nitrogens with one attached hydrogen (secondary N) is 1. The van der Waals surface area contributed by atoms with E-state index in [-0.39, 0.29) is 18.1 Å². The molecule has 1 N–H and O–H groups in total. The number of carbonyl (C=O) groups is 1. The molecule has 1 heterocycles. The quantitative estimate of drug-likeness (QED) is 0.909. The predicted molar refractivity (Wildman–Crippen MR) is 78.6 cm³/mol. The Kier molecular flexibility index (Phi) is 3.51. The molecule has 0 radical (unpaired) electrons. The zero-order valence-corrected chi connectivity index (χ0v) is 11.8. The minimum Gasteiger partial charge on any atom is -0.497 e. The van der Waals surface area contributed by atoms with Crippen LogP contribution >= 0.6 is 0 Å². The standard InChI is InChI=1S/C15H17N3O3/c1-21-13-6-2-11(3-7-13)16-14(19)10-17-8-9-18(15(17)20)12-4-5-12/h2-3,6-9,12H,4-5,10H2,1H3,(H,16,19). The first-order valence-electron chi connectivity index (χ1n) is 6.88. The number of nitrogens with zero attached hydrogens (tertiary/aromatic N) is 2. The van der Waals surface area contributed by atoms with E-state index in [1.54, 1.807) is 48.3 Å². The van der Waals surface area contributed by atoms with E-state index in [4.69, 9.17) is 4.74 Å². The van der Waals surface area contributed by atoms with Crippen molar-refractivity contribution in [3.05, 3.63) is 47.1 Å². The van der Waals surface area contributed by atoms with Crippen molar-refractivity contribution in [1.82, 2.24) is 9.13 Å². The zero-order chi connectivity index (χ0) is 14.8. The van der Waals surface area contributed by atoms with Gasteiger partial charge in [-0.1, -0.05) is 0 Å². The van der Waals surface area contributed by atoms with Gasteiger partial charge in [-0.05, 0) is 37.1 Å². The monoisotopic (exact) mass is 287 g/mol. The minimum absolute atomic E-state index is 0.0184. The fourth-order valence-corrected chi connectivity index (χ4v) is 2.21. The summed E-state index contributed by atoms with van der Waals surface area (Å²) in [6.45, 7) is 0.0184. The molecule has 0 bridgehead atoms. The maximum absolute atomic E-state index is 12.1. The molecule has 0 aliphatic heterocycles. The molecule has 1 saturated carbocycles. The second kappa shape index (κ2) is 5.47. The van der Waals surface area contributed by atoms with Crippen molar-refractivity contribution in [3.63, 3.8) is 0 Å². The van der Waals surface area contributed by atoms with Crippen LogP contribution in [0.4, 0.5) is 5.69 Å². The molecule has 1 amide bonds. The summed E-state index contributed by atoms with van der Waals surface area (Å²) in [4.78, 5) is 24.0. The lowest BCUT2D eigenvalue weighted by atomic mass is 10.3. The summed E-state index contributed by atoms with van der Waals surface area (Å²) in [6.07, 6.45) is 5.50. The number of imidazole rings is 1. The predicted octanol–water partition coefficient (Wildman–Crippen LogP) is 1.63. The molecular formula is C15H17N3O3. The van der Waals surface area contributed by atoms with Crippen LogP contribution in [-0.2, 0) is 11.3 Å². The van der Waals surface area contributed by atoms with Gasteiger partial charge in [0.2, 0.25) is 5.91 Å². The van der Waals surface area contributed by atoms with Crippen LogP contribution in [0.2, 0.25) is 0 Å². The summed E-state index contributed by atoms with van der Waals surface area (Å²) < 4.78 is 8.18. The third-order valence-corrected chi connectivity index (χ3v) is 3.50. The molecule has 0 saturated heterocycles. The second-order valence-corrected chi connectivity index (χ2v) is 5.12. The van der Waals surface area contributed by atoms with Gasteiger partial charge in [-0.3, -0.25) is 13.9 Å². The lowest BCUT2D eigenvalue weighted by Gasteiger charge is -2.06. The second-order valence-electron chi connectivity index (χ2n) is 5.12. The highest BCUT2D eigenvalue weighted by Gasteiger charge is 2.25. The molecule has 0 atom stereocenters. The van der Waals surface area contributed by atoms with E-state index in [2.05, 4.69) is 5.32 Å². The highest BCUT2D eigenvalue weighted by molar-refractivity contribution is 5.90. The number of carbonyl (C=O) groups excluding carboxylic acids is 1. The van der Waals surface area contributed by atoms with Gasteiger partial charge in [0.25, 0.3) is 0 Å². The van der Waals surface area contributed by atoms with Gasteiger partial charge in [-0.25, -0.2) is 4.79 Å². The van der Waals surface area contributed by atoms with Crippen LogP contribution in [0.15, 0.2) is 41.5 Å². The lowest BCUT2D eigenvalue weighted by Crippen LogP contribution is -2.28. The van der Waals surface area contributed by atoms with Gasteiger partial charge in [-0.15, -0.1) is 0 Å². The van der Waals surface area contributed by atoms with Crippen LogP contribution in [0, 0.1) is 0 Å². The van der Waals surface area contributed by atoms with Crippen LogP contribution in [0.1, 0.15) is 18.9 Å². The molecule has 21 heavy (non-hydrogen) atoms. The molecule has 6 nitrogen and oxygen atoms in total. The molecule has 0 unspecified atom stereocenters. The van der Waals surface area contributed by atoms with E-state index < -0.39 is 0 Å². The summed E-state index contributed by atoms with van der Waals surface area (Å²) >= 11 is 0. The number of aromatic nitrogens is 2. The van der Waals surface area contributed by atoms with Gasteiger partial charge in [0.1, 0.15) is 12.3 Å². The molecule has 1 aliphatic carbocycles. The van der Waals surface area contributed by atoms with Crippen molar-refractivity contribution in [1.29, 1.82) is 0 Å². The van der Waals surface area contributed by atoms with Crippen molar-refractivity contribution < 1.29 is 9.53 Å². The normalized spacial score (nSPS) is 14.0. The maximum Gasteiger partial charge on any atom is 0.328 e. The average Bonchev–Trinajstić information content (AvgIpc) is 3.26. The number of rotatable bonds is 5. The topological polar surface area (TPSA) is 65.3 Å². The summed E-state index contributed by atoms with van der Waals surface area (Å²) in [7, 11) is 1.59. The fourth-order valence-electron chi connectivity index (χ4n) is 2.21. The number of methoxy groups -OCH3 is 1. The van der Waals surface area contributed by atoms with Gasteiger partial charge >= 0.3 is 5.69 Å². The van der Waals surface area contributed by atoms with Crippen molar-refractivity contribution in [3.8, 4) is 5.75 Å². The maximum atomic E-state index is 12.1. The number of anilines is 1. The molecular weight excluding hydrogens is 270 g/mol. The molecule has 1 aliphatic rings. The first kappa shape index (κ1) is 13.5. The zero-order valence-electron chi connectivity index (χ0n) is 11.8. The SMILES string of the molecule is COc1ccc(NC(=O)Cn2ccn(C3CC3)c2=O)cc1. The highest BCUT2D eigenvalue weighted by Crippen LogP contribution is 2.33. The highest BCUT2D eigenvalue weighted by atomic mass is 16.5. The molecule has 110 valence electrons. The van der Waals surface area contributed by atoms with Crippen LogP contribution in [-0.4, -0.2) is 22.2 Å². The van der Waals surface area contributed by atoms with Crippen molar-refractivity contribution >= 4 is 11.6 Å². The van der Waals surface area contributed by atoms with E-state index in [0.29, 0.717) is 11.7 Å². The Labute approximate surface area is 122 Å². The lowest BCUT2D eigenvalue weighted by molar-refractivity contribution is -0.116. The molecule has 0 spiro atoms. The third kappa shape index (κ3) is 2.99. The van der Waals surface area contributed by atoms with Crippen LogP contribution in [0.5, 0.6) is 5.75 Å². The van der Waals surface area contributed by atoms with Gasteiger partial charge in [0.15, 0.2) is 0 Å². The Morgan fingerprint density at radius 3 is 2.62 bits per heavy atom. The summed E-state index contributed by atoms with van der Waals surface area (Å²) in [5, 5.41) is 2.76. The number of hydrogen-bond acceptors (Lipinski definition) is 3. The van der Waals surface area contributed by atoms with E-state index in [1.807, 2.05) is 0 Å². The molecule has 1 aromatic carbocycles. The first-order valence-corrected chi connectivity index (χ1v) is 6.88. The Hall–Kier alpha value is -2.50. The Bertz CT molecular complexity index is 696. The summed E-state index contributed by atoms with van der Waals surface area (Å²) in [6, 6.07) is 7.38. The summed E-state index contributed by atoms with van der Waals surface area (Å²) in [5.41, 5.74) is 0.554. The number of ether oxygens (including phenoxy) is 1. The largest absolute Gasteiger partial charge is 0.497 e. The number of benzene rings is 1. The van der Waals surface area contributed by atoms with E-state index in [9.17, 15) is 9.59 Å². The smallest absolute Gasteiger partial charge is 0.328 e. The van der Waals surface area contributed by atoms with Gasteiger partial charge in [0, 0.05) is 24.1 Å². The van der Waals surface area contributed by atoms with Crippen LogP contribution < -0.4 is 15.7 Å². The molecule has 1 fully saturated rings. The van der Waals surface area contributed by atoms with E-state index in [0.717, 1.165) is 18.6 Å². The Morgan fingerprint density at radius 1 is 1.29 bits per heavy atom. The van der Waals surface area contributed by atoms with Crippen LogP contribution in [0.3, 0.4) is 0 Å². The number of hydrogen-bond donors (Lipinski definition) is 1. The Balaban J connectivity index is 1.64. The molecule has 3 rings (SSSR count). The number of amides is 1. The van der Waals surface area contributed by atoms with Crippen LogP contribution in [0.25, 0.3) is 0 Å². The van der Waals surface area contributed by atoms with Gasteiger partial charge in [0.05, 0.1) is 7.11 Å². The average molecular weight is 287 g/mol. The van der Waals surface area contributed by atoms with Crippen molar-refractivity contribution in [2.24, 2.45) is 0 Å². The van der Waals surface area contributed by atoms with E-state index >= 15 is 0 Å². The van der Waals surface area contributed by atoms with Gasteiger partial charge < -0.3 is 10.1 Å². The molecule has 1 aromatic heterocycles. The van der Waals surface area contributed by atoms with Crippen molar-refractivity contribution in [2.75, 3.05) is 12.4 Å². The summed E-state index contributed by atoms with van der Waals surface area (Å²) in [5.74, 6) is 0.501.